The zero-order valence-corrected chi connectivity index (χ0v) is 11.5. The smallest absolute Gasteiger partial charge is 0.292 e. The monoisotopic (exact) mass is 278 g/mol. The Morgan fingerprint density at radius 2 is 2.21 bits per heavy atom. The average Bonchev–Trinajstić information content (AvgIpc) is 3.05. The fourth-order valence-corrected chi connectivity index (χ4v) is 4.07. The van der Waals surface area contributed by atoms with E-state index in [9.17, 15) is 4.79 Å². The van der Waals surface area contributed by atoms with Gasteiger partial charge in [0.05, 0.1) is 6.20 Å². The molecule has 0 aromatic carbocycles. The molecule has 0 radical (unpaired) electrons. The van der Waals surface area contributed by atoms with Crippen molar-refractivity contribution in [3.63, 3.8) is 0 Å². The number of hydrogen-bond acceptors (Lipinski definition) is 3. The van der Waals surface area contributed by atoms with E-state index in [0.717, 1.165) is 17.9 Å². The van der Waals surface area contributed by atoms with E-state index < -0.39 is 0 Å². The van der Waals surface area contributed by atoms with Gasteiger partial charge in [0.2, 0.25) is 5.28 Å². The maximum Gasteiger partial charge on any atom is 0.330 e. The zero-order valence-electron chi connectivity index (χ0n) is 10.7. The molecule has 0 unspecified atom stereocenters. The standard InChI is InChI=1S/C13H15ClN4O/c1-17-10-6-15-12(14)16-11(10)18(13(17)19)9-5-7-2-3-8(9)4-7/h6-9H,2-5H2,1H3/t7-,8+,9+/m1/s1. The summed E-state index contributed by atoms with van der Waals surface area (Å²) in [5.74, 6) is 1.41. The second-order valence-electron chi connectivity index (χ2n) is 5.80. The van der Waals surface area contributed by atoms with Crippen molar-refractivity contribution in [1.82, 2.24) is 19.1 Å². The molecule has 6 heteroatoms. The molecule has 0 saturated heterocycles. The van der Waals surface area contributed by atoms with E-state index in [-0.39, 0.29) is 11.0 Å². The highest BCUT2D eigenvalue weighted by Gasteiger charge is 2.42. The zero-order chi connectivity index (χ0) is 13.1. The predicted octanol–water partition coefficient (Wildman–Crippen LogP) is 2.14. The largest absolute Gasteiger partial charge is 0.330 e. The van der Waals surface area contributed by atoms with Crippen molar-refractivity contribution in [2.45, 2.75) is 31.7 Å². The topological polar surface area (TPSA) is 52.7 Å². The lowest BCUT2D eigenvalue weighted by molar-refractivity contribution is 0.327. The van der Waals surface area contributed by atoms with Crippen molar-refractivity contribution < 1.29 is 0 Å². The molecular weight excluding hydrogens is 264 g/mol. The Bertz CT molecular complexity index is 719. The van der Waals surface area contributed by atoms with E-state index in [4.69, 9.17) is 11.6 Å². The summed E-state index contributed by atoms with van der Waals surface area (Å²) >= 11 is 5.89. The van der Waals surface area contributed by atoms with Crippen molar-refractivity contribution in [2.24, 2.45) is 18.9 Å². The van der Waals surface area contributed by atoms with Crippen LogP contribution in [-0.2, 0) is 7.05 Å². The highest BCUT2D eigenvalue weighted by molar-refractivity contribution is 6.28. The van der Waals surface area contributed by atoms with Crippen molar-refractivity contribution in [1.29, 1.82) is 0 Å². The maximum absolute atomic E-state index is 12.5. The lowest BCUT2D eigenvalue weighted by Gasteiger charge is -2.22. The number of halogens is 1. The summed E-state index contributed by atoms with van der Waals surface area (Å²) in [4.78, 5) is 20.7. The highest BCUT2D eigenvalue weighted by Crippen LogP contribution is 2.50. The van der Waals surface area contributed by atoms with Crippen molar-refractivity contribution in [3.05, 3.63) is 22.0 Å². The predicted molar refractivity (Wildman–Crippen MR) is 72.3 cm³/mol. The number of imidazole rings is 1. The Morgan fingerprint density at radius 3 is 2.89 bits per heavy atom. The second kappa shape index (κ2) is 3.82. The Labute approximate surface area is 115 Å². The van der Waals surface area contributed by atoms with Gasteiger partial charge in [0, 0.05) is 13.1 Å². The van der Waals surface area contributed by atoms with Crippen molar-refractivity contribution in [2.75, 3.05) is 0 Å². The molecule has 2 fully saturated rings. The minimum Gasteiger partial charge on any atom is -0.292 e. The van der Waals surface area contributed by atoms with Gasteiger partial charge in [-0.2, -0.15) is 4.98 Å². The molecule has 100 valence electrons. The summed E-state index contributed by atoms with van der Waals surface area (Å²) in [6.07, 6.45) is 6.54. The third-order valence-corrected chi connectivity index (χ3v) is 5.02. The van der Waals surface area contributed by atoms with E-state index >= 15 is 0 Å². The molecule has 0 aliphatic heterocycles. The van der Waals surface area contributed by atoms with E-state index in [1.54, 1.807) is 17.8 Å². The SMILES string of the molecule is Cn1c(=O)n([C@H]2C[C@@H]3CC[C@H]2C3)c2nc(Cl)ncc21. The van der Waals surface area contributed by atoms with Crippen LogP contribution in [0.4, 0.5) is 0 Å². The molecule has 2 aromatic heterocycles. The minimum atomic E-state index is 0.00381. The number of nitrogens with zero attached hydrogens (tertiary/aromatic N) is 4. The summed E-state index contributed by atoms with van der Waals surface area (Å²) in [5, 5.41) is 0.204. The highest BCUT2D eigenvalue weighted by atomic mass is 35.5. The van der Waals surface area contributed by atoms with Crippen LogP contribution in [-0.4, -0.2) is 19.1 Å². The number of rotatable bonds is 1. The Morgan fingerprint density at radius 1 is 1.37 bits per heavy atom. The van der Waals surface area contributed by atoms with E-state index in [1.165, 1.54) is 19.3 Å². The summed E-state index contributed by atoms with van der Waals surface area (Å²) < 4.78 is 3.48. The average molecular weight is 279 g/mol. The lowest BCUT2D eigenvalue weighted by atomic mass is 9.95. The van der Waals surface area contributed by atoms with Crippen LogP contribution < -0.4 is 5.69 Å². The molecule has 0 amide bonds. The van der Waals surface area contributed by atoms with E-state index in [0.29, 0.717) is 17.6 Å². The molecule has 0 N–H and O–H groups in total. The molecule has 2 bridgehead atoms. The van der Waals surface area contributed by atoms with Crippen LogP contribution in [0.25, 0.3) is 11.2 Å². The fourth-order valence-electron chi connectivity index (χ4n) is 3.94. The molecule has 0 spiro atoms. The van der Waals surface area contributed by atoms with Crippen molar-refractivity contribution >= 4 is 22.8 Å². The Kier molecular flexibility index (Phi) is 2.31. The van der Waals surface area contributed by atoms with E-state index in [2.05, 4.69) is 9.97 Å². The lowest BCUT2D eigenvalue weighted by Crippen LogP contribution is -2.29. The van der Waals surface area contributed by atoms with Gasteiger partial charge in [0.25, 0.3) is 0 Å². The first-order chi connectivity index (χ1) is 9.15. The molecule has 2 saturated carbocycles. The minimum absolute atomic E-state index is 0.00381. The summed E-state index contributed by atoms with van der Waals surface area (Å²) in [6, 6.07) is 0.293. The molecule has 5 nitrogen and oxygen atoms in total. The molecule has 2 heterocycles. The van der Waals surface area contributed by atoms with Crippen LogP contribution in [0.3, 0.4) is 0 Å². The van der Waals surface area contributed by atoms with Gasteiger partial charge >= 0.3 is 5.69 Å². The van der Waals surface area contributed by atoms with Crippen molar-refractivity contribution in [3.8, 4) is 0 Å². The Balaban J connectivity index is 1.96. The fraction of sp³-hybridized carbons (Fsp3) is 0.615. The van der Waals surface area contributed by atoms with Gasteiger partial charge in [-0.05, 0) is 42.7 Å². The first-order valence-corrected chi connectivity index (χ1v) is 7.12. The van der Waals surface area contributed by atoms with Gasteiger partial charge in [-0.15, -0.1) is 0 Å². The van der Waals surface area contributed by atoms with Crippen LogP contribution in [0, 0.1) is 11.8 Å². The Hall–Kier alpha value is -1.36. The van der Waals surface area contributed by atoms with Crippen LogP contribution in [0.5, 0.6) is 0 Å². The third-order valence-electron chi connectivity index (χ3n) is 4.84. The van der Waals surface area contributed by atoms with Crippen LogP contribution in [0.15, 0.2) is 11.0 Å². The van der Waals surface area contributed by atoms with Crippen LogP contribution >= 0.6 is 11.6 Å². The molecule has 4 rings (SSSR count). The normalized spacial score (nSPS) is 29.5. The third kappa shape index (κ3) is 1.51. The van der Waals surface area contributed by atoms with Gasteiger partial charge in [-0.25, -0.2) is 9.78 Å². The molecular formula is C13H15ClN4O. The van der Waals surface area contributed by atoms with Crippen LogP contribution in [0.1, 0.15) is 31.7 Å². The molecule has 2 aromatic rings. The number of hydrogen-bond donors (Lipinski definition) is 0. The van der Waals surface area contributed by atoms with Crippen LogP contribution in [0.2, 0.25) is 5.28 Å². The molecule has 2 aliphatic carbocycles. The maximum atomic E-state index is 12.5. The second-order valence-corrected chi connectivity index (χ2v) is 6.14. The van der Waals surface area contributed by atoms with Gasteiger partial charge in [0.15, 0.2) is 5.65 Å². The van der Waals surface area contributed by atoms with Gasteiger partial charge in [0.1, 0.15) is 5.52 Å². The van der Waals surface area contributed by atoms with Gasteiger partial charge < -0.3 is 0 Å². The van der Waals surface area contributed by atoms with E-state index in [1.807, 2.05) is 4.57 Å². The number of fused-ring (bicyclic) bond motifs is 3. The van der Waals surface area contributed by atoms with Gasteiger partial charge in [-0.1, -0.05) is 6.42 Å². The first kappa shape index (κ1) is 11.5. The first-order valence-electron chi connectivity index (χ1n) is 6.74. The molecule has 19 heavy (non-hydrogen) atoms. The summed E-state index contributed by atoms with van der Waals surface area (Å²) in [6.45, 7) is 0. The summed E-state index contributed by atoms with van der Waals surface area (Å²) in [5.41, 5.74) is 1.45. The quantitative estimate of drug-likeness (QED) is 0.751. The number of aryl methyl sites for hydroxylation is 1. The summed E-state index contributed by atoms with van der Waals surface area (Å²) in [7, 11) is 1.77. The van der Waals surface area contributed by atoms with Gasteiger partial charge in [-0.3, -0.25) is 9.13 Å². The molecule has 3 atom stereocenters. The molecule has 2 aliphatic rings. The number of aromatic nitrogens is 4.